The summed E-state index contributed by atoms with van der Waals surface area (Å²) in [5, 5.41) is 0. The van der Waals surface area contributed by atoms with E-state index in [1.54, 1.807) is 4.90 Å². The van der Waals surface area contributed by atoms with Gasteiger partial charge in [-0.15, -0.1) is 0 Å². The molecule has 0 aromatic heterocycles. The SMILES string of the molecule is CC1CN(C(=O)C2CCN(C(=O)OC(C)(C)C)CC2)C(C)CO1. The van der Waals surface area contributed by atoms with Crippen LogP contribution in [0.1, 0.15) is 47.5 Å². The molecule has 2 heterocycles. The molecule has 6 heteroatoms. The smallest absolute Gasteiger partial charge is 0.410 e. The van der Waals surface area contributed by atoms with Crippen LogP contribution >= 0.6 is 0 Å². The second-order valence-corrected chi connectivity index (χ2v) is 7.73. The molecule has 0 bridgehead atoms. The molecule has 0 radical (unpaired) electrons. The standard InChI is InChI=1S/C17H30N2O4/c1-12-11-22-13(2)10-19(12)15(20)14-6-8-18(9-7-14)16(21)23-17(3,4)5/h12-14H,6-11H2,1-5H3. The minimum Gasteiger partial charge on any atom is -0.444 e. The molecule has 132 valence electrons. The third-order valence-corrected chi connectivity index (χ3v) is 4.39. The molecule has 2 aliphatic heterocycles. The molecule has 0 aromatic carbocycles. The zero-order valence-corrected chi connectivity index (χ0v) is 15.0. The van der Waals surface area contributed by atoms with Crippen LogP contribution in [0, 0.1) is 5.92 Å². The van der Waals surface area contributed by atoms with Crippen molar-refractivity contribution < 1.29 is 19.1 Å². The Balaban J connectivity index is 1.86. The zero-order valence-electron chi connectivity index (χ0n) is 15.0. The summed E-state index contributed by atoms with van der Waals surface area (Å²) in [5.74, 6) is 0.206. The van der Waals surface area contributed by atoms with Gasteiger partial charge in [-0.05, 0) is 47.5 Å². The van der Waals surface area contributed by atoms with Crippen LogP contribution in [0.5, 0.6) is 0 Å². The molecular formula is C17H30N2O4. The van der Waals surface area contributed by atoms with Gasteiger partial charge in [0.05, 0.1) is 18.8 Å². The first-order valence-electron chi connectivity index (χ1n) is 8.57. The van der Waals surface area contributed by atoms with Crippen LogP contribution in [0.15, 0.2) is 0 Å². The van der Waals surface area contributed by atoms with Crippen molar-refractivity contribution in [2.75, 3.05) is 26.2 Å². The van der Waals surface area contributed by atoms with Crippen LogP contribution in [-0.2, 0) is 14.3 Å². The number of piperidine rings is 1. The average Bonchev–Trinajstić information content (AvgIpc) is 2.47. The van der Waals surface area contributed by atoms with E-state index in [0.717, 1.165) is 0 Å². The van der Waals surface area contributed by atoms with Gasteiger partial charge in [0, 0.05) is 25.6 Å². The van der Waals surface area contributed by atoms with Gasteiger partial charge < -0.3 is 19.3 Å². The maximum absolute atomic E-state index is 12.8. The number of hydrogen-bond acceptors (Lipinski definition) is 4. The van der Waals surface area contributed by atoms with Gasteiger partial charge in [0.25, 0.3) is 0 Å². The van der Waals surface area contributed by atoms with Crippen molar-refractivity contribution in [1.82, 2.24) is 9.80 Å². The summed E-state index contributed by atoms with van der Waals surface area (Å²) in [4.78, 5) is 28.5. The fraction of sp³-hybridized carbons (Fsp3) is 0.882. The number of ether oxygens (including phenoxy) is 2. The molecule has 2 fully saturated rings. The predicted molar refractivity (Wildman–Crippen MR) is 87.1 cm³/mol. The first kappa shape index (κ1) is 18.0. The molecule has 2 aliphatic rings. The molecule has 2 saturated heterocycles. The molecule has 0 spiro atoms. The van der Waals surface area contributed by atoms with Gasteiger partial charge >= 0.3 is 6.09 Å². The normalized spacial score (nSPS) is 27.0. The summed E-state index contributed by atoms with van der Waals surface area (Å²) in [6.45, 7) is 12.0. The van der Waals surface area contributed by atoms with Crippen LogP contribution in [0.3, 0.4) is 0 Å². The Morgan fingerprint density at radius 1 is 1.13 bits per heavy atom. The molecule has 2 unspecified atom stereocenters. The average molecular weight is 326 g/mol. The van der Waals surface area contributed by atoms with Crippen LogP contribution in [-0.4, -0.2) is 65.8 Å². The van der Waals surface area contributed by atoms with Gasteiger partial charge in [-0.3, -0.25) is 4.79 Å². The fourth-order valence-electron chi connectivity index (χ4n) is 3.08. The Bertz CT molecular complexity index is 438. The number of amides is 2. The van der Waals surface area contributed by atoms with Crippen LogP contribution in [0.25, 0.3) is 0 Å². The molecular weight excluding hydrogens is 296 g/mol. The highest BCUT2D eigenvalue weighted by atomic mass is 16.6. The third kappa shape index (κ3) is 4.83. The summed E-state index contributed by atoms with van der Waals surface area (Å²) in [6, 6.07) is 0.127. The van der Waals surface area contributed by atoms with E-state index in [2.05, 4.69) is 0 Å². The molecule has 0 saturated carbocycles. The van der Waals surface area contributed by atoms with Gasteiger partial charge in [0.1, 0.15) is 5.60 Å². The van der Waals surface area contributed by atoms with Crippen molar-refractivity contribution in [3.8, 4) is 0 Å². The predicted octanol–water partition coefficient (Wildman–Crippen LogP) is 2.27. The Morgan fingerprint density at radius 2 is 1.74 bits per heavy atom. The van der Waals surface area contributed by atoms with E-state index >= 15 is 0 Å². The van der Waals surface area contributed by atoms with Crippen LogP contribution < -0.4 is 0 Å². The van der Waals surface area contributed by atoms with Gasteiger partial charge in [0.2, 0.25) is 5.91 Å². The van der Waals surface area contributed by atoms with Crippen molar-refractivity contribution in [3.05, 3.63) is 0 Å². The number of hydrogen-bond donors (Lipinski definition) is 0. The fourth-order valence-corrected chi connectivity index (χ4v) is 3.08. The summed E-state index contributed by atoms with van der Waals surface area (Å²) in [5.41, 5.74) is -0.483. The highest BCUT2D eigenvalue weighted by Crippen LogP contribution is 2.24. The zero-order chi connectivity index (χ0) is 17.2. The van der Waals surface area contributed by atoms with Crippen molar-refractivity contribution >= 4 is 12.0 Å². The molecule has 0 N–H and O–H groups in total. The first-order chi connectivity index (χ1) is 10.7. The maximum Gasteiger partial charge on any atom is 0.410 e. The summed E-state index contributed by atoms with van der Waals surface area (Å²) >= 11 is 0. The van der Waals surface area contributed by atoms with E-state index in [4.69, 9.17) is 9.47 Å². The molecule has 0 aromatic rings. The van der Waals surface area contributed by atoms with E-state index in [9.17, 15) is 9.59 Å². The van der Waals surface area contributed by atoms with Gasteiger partial charge in [0.15, 0.2) is 0 Å². The lowest BCUT2D eigenvalue weighted by atomic mass is 9.94. The van der Waals surface area contributed by atoms with E-state index in [0.29, 0.717) is 39.1 Å². The molecule has 2 rings (SSSR count). The minimum atomic E-state index is -0.483. The second-order valence-electron chi connectivity index (χ2n) is 7.73. The number of likely N-dealkylation sites (tertiary alicyclic amines) is 1. The van der Waals surface area contributed by atoms with E-state index in [-0.39, 0.29) is 30.1 Å². The van der Waals surface area contributed by atoms with Crippen LogP contribution in [0.2, 0.25) is 0 Å². The molecule has 2 atom stereocenters. The Labute approximate surface area is 139 Å². The lowest BCUT2D eigenvalue weighted by Crippen LogP contribution is -2.53. The Hall–Kier alpha value is -1.30. The summed E-state index contributed by atoms with van der Waals surface area (Å²) in [6.07, 6.45) is 1.22. The lowest BCUT2D eigenvalue weighted by Gasteiger charge is -2.40. The van der Waals surface area contributed by atoms with E-state index < -0.39 is 5.60 Å². The maximum atomic E-state index is 12.8. The lowest BCUT2D eigenvalue weighted by molar-refractivity contribution is -0.149. The van der Waals surface area contributed by atoms with E-state index in [1.807, 2.05) is 39.5 Å². The molecule has 6 nitrogen and oxygen atoms in total. The summed E-state index contributed by atoms with van der Waals surface area (Å²) in [7, 11) is 0. The molecule has 23 heavy (non-hydrogen) atoms. The topological polar surface area (TPSA) is 59.1 Å². The monoisotopic (exact) mass is 326 g/mol. The van der Waals surface area contributed by atoms with Crippen molar-refractivity contribution in [2.45, 2.75) is 65.2 Å². The Kier molecular flexibility index (Phi) is 5.55. The first-order valence-corrected chi connectivity index (χ1v) is 8.57. The largest absolute Gasteiger partial charge is 0.444 e. The summed E-state index contributed by atoms with van der Waals surface area (Å²) < 4.78 is 11.0. The molecule has 0 aliphatic carbocycles. The number of nitrogens with zero attached hydrogens (tertiary/aromatic N) is 2. The highest BCUT2D eigenvalue weighted by Gasteiger charge is 2.35. The van der Waals surface area contributed by atoms with Crippen molar-refractivity contribution in [2.24, 2.45) is 5.92 Å². The quantitative estimate of drug-likeness (QED) is 0.742. The number of morpholine rings is 1. The number of carbonyl (C=O) groups is 2. The van der Waals surface area contributed by atoms with Gasteiger partial charge in [-0.1, -0.05) is 0 Å². The van der Waals surface area contributed by atoms with Crippen molar-refractivity contribution in [3.63, 3.8) is 0 Å². The molecule has 2 amide bonds. The second kappa shape index (κ2) is 7.07. The number of carbonyl (C=O) groups excluding carboxylic acids is 2. The van der Waals surface area contributed by atoms with Gasteiger partial charge in [-0.2, -0.15) is 0 Å². The van der Waals surface area contributed by atoms with Crippen molar-refractivity contribution in [1.29, 1.82) is 0 Å². The van der Waals surface area contributed by atoms with Crippen LogP contribution in [0.4, 0.5) is 4.79 Å². The Morgan fingerprint density at radius 3 is 2.30 bits per heavy atom. The minimum absolute atomic E-state index is 0.00133. The highest BCUT2D eigenvalue weighted by molar-refractivity contribution is 5.80. The van der Waals surface area contributed by atoms with Gasteiger partial charge in [-0.25, -0.2) is 4.79 Å². The third-order valence-electron chi connectivity index (χ3n) is 4.39. The number of rotatable bonds is 1. The van der Waals surface area contributed by atoms with E-state index in [1.165, 1.54) is 0 Å².